The molecule has 0 aliphatic rings. The standard InChI is InChI=1S/C68H129N2O7P/c1-7-10-13-16-19-22-25-28-30-32-33-34-35-36-37-38-40-43-46-49-52-55-58-61-68(72)77-66(59-56-53-50-47-44-41-27-24-21-18-15-12-9-3)65(64-76-78(73,74)75-63-62-70(4,5)6)69-67(71)60-57-54-51-48-45-42-39-31-29-26-23-20-17-14-11-8-2/h11,14,20,23,29,31,56,59,65-66H,7-10,12-13,15-19,21-22,24-28,30,32-55,57-58,60-64H2,1-6H3,(H-,69,71,73,74)/b14-11+,23-20+,31-29+,59-56-. The number of hydrogen-bond acceptors (Lipinski definition) is 7. The lowest BCUT2D eigenvalue weighted by atomic mass is 10.0. The molecular weight excluding hydrogens is 988 g/mol. The molecule has 3 atom stereocenters. The van der Waals surface area contributed by atoms with E-state index in [1.54, 1.807) is 0 Å². The molecular formula is C68H129N2O7P. The van der Waals surface area contributed by atoms with E-state index >= 15 is 0 Å². The number of amides is 1. The lowest BCUT2D eigenvalue weighted by molar-refractivity contribution is -0.870. The van der Waals surface area contributed by atoms with Gasteiger partial charge in [0.05, 0.1) is 33.8 Å². The van der Waals surface area contributed by atoms with Crippen LogP contribution in [0.4, 0.5) is 0 Å². The number of rotatable bonds is 61. The van der Waals surface area contributed by atoms with Crippen molar-refractivity contribution in [1.29, 1.82) is 0 Å². The molecule has 0 saturated carbocycles. The van der Waals surface area contributed by atoms with E-state index in [4.69, 9.17) is 13.8 Å². The predicted octanol–water partition coefficient (Wildman–Crippen LogP) is 20.2. The van der Waals surface area contributed by atoms with Crippen LogP contribution < -0.4 is 10.2 Å². The summed E-state index contributed by atoms with van der Waals surface area (Å²) in [7, 11) is 1.18. The average molecular weight is 1120 g/mol. The Labute approximate surface area is 484 Å². The van der Waals surface area contributed by atoms with Crippen LogP contribution in [0.15, 0.2) is 48.6 Å². The van der Waals surface area contributed by atoms with Crippen LogP contribution in [0.1, 0.15) is 323 Å². The van der Waals surface area contributed by atoms with Crippen molar-refractivity contribution in [3.8, 4) is 0 Å². The number of allylic oxidation sites excluding steroid dienone is 7. The Morgan fingerprint density at radius 3 is 1.23 bits per heavy atom. The maximum Gasteiger partial charge on any atom is 0.306 e. The molecule has 0 aromatic heterocycles. The first kappa shape index (κ1) is 76.0. The second-order valence-electron chi connectivity index (χ2n) is 24.0. The zero-order chi connectivity index (χ0) is 57.2. The second-order valence-corrected chi connectivity index (χ2v) is 25.4. The summed E-state index contributed by atoms with van der Waals surface area (Å²) in [6, 6.07) is -0.893. The Morgan fingerprint density at radius 2 is 0.821 bits per heavy atom. The quantitative estimate of drug-likeness (QED) is 0.0212. The SMILES string of the molecule is CC/C=C/C/C=C/C/C=C/CCCCCCCCC(=O)NC(COP(=O)([O-])OCC[N+](C)(C)C)C(/C=C\CCCCCCCCCCCCC)OC(=O)CCCCCCCCCCCCCCCCCCCCCCCCC. The number of carbonyl (C=O) groups is 2. The molecule has 0 bridgehead atoms. The smallest absolute Gasteiger partial charge is 0.306 e. The number of unbranched alkanes of at least 4 members (excludes halogenated alkanes) is 39. The fraction of sp³-hybridized carbons (Fsp3) is 0.853. The first-order valence-electron chi connectivity index (χ1n) is 33.4. The summed E-state index contributed by atoms with van der Waals surface area (Å²) in [6.07, 6.45) is 72.3. The van der Waals surface area contributed by atoms with Crippen molar-refractivity contribution < 1.29 is 37.3 Å². The molecule has 0 heterocycles. The van der Waals surface area contributed by atoms with Crippen molar-refractivity contribution in [1.82, 2.24) is 5.32 Å². The topological polar surface area (TPSA) is 114 Å². The van der Waals surface area contributed by atoms with Gasteiger partial charge in [-0.25, -0.2) is 0 Å². The summed E-state index contributed by atoms with van der Waals surface area (Å²) in [4.78, 5) is 40.1. The first-order valence-corrected chi connectivity index (χ1v) is 34.9. The van der Waals surface area contributed by atoms with Gasteiger partial charge < -0.3 is 28.5 Å². The molecule has 0 radical (unpaired) electrons. The third kappa shape index (κ3) is 58.6. The van der Waals surface area contributed by atoms with E-state index in [-0.39, 0.29) is 24.9 Å². The van der Waals surface area contributed by atoms with Gasteiger partial charge in [0.1, 0.15) is 19.3 Å². The molecule has 0 aliphatic carbocycles. The zero-order valence-electron chi connectivity index (χ0n) is 52.4. The first-order chi connectivity index (χ1) is 37.9. The van der Waals surface area contributed by atoms with Crippen molar-refractivity contribution in [2.75, 3.05) is 40.9 Å². The Balaban J connectivity index is 5.14. The second kappa shape index (κ2) is 58.2. The fourth-order valence-corrected chi connectivity index (χ4v) is 10.6. The summed E-state index contributed by atoms with van der Waals surface area (Å²) in [5.41, 5.74) is 0. The van der Waals surface area contributed by atoms with Crippen LogP contribution in [0.5, 0.6) is 0 Å². The van der Waals surface area contributed by atoms with Gasteiger partial charge in [-0.05, 0) is 63.9 Å². The molecule has 0 aromatic rings. The van der Waals surface area contributed by atoms with Crippen molar-refractivity contribution >= 4 is 19.7 Å². The fourth-order valence-electron chi connectivity index (χ4n) is 9.89. The Morgan fingerprint density at radius 1 is 0.462 bits per heavy atom. The monoisotopic (exact) mass is 1120 g/mol. The molecule has 0 rings (SSSR count). The van der Waals surface area contributed by atoms with Gasteiger partial charge in [-0.1, -0.05) is 294 Å². The summed E-state index contributed by atoms with van der Waals surface area (Å²) in [5.74, 6) is -0.542. The van der Waals surface area contributed by atoms with Crippen molar-refractivity contribution in [3.63, 3.8) is 0 Å². The minimum atomic E-state index is -4.70. The van der Waals surface area contributed by atoms with Gasteiger partial charge in [-0.15, -0.1) is 0 Å². The van der Waals surface area contributed by atoms with Crippen LogP contribution in [0, 0.1) is 0 Å². The molecule has 0 saturated heterocycles. The largest absolute Gasteiger partial charge is 0.756 e. The summed E-state index contributed by atoms with van der Waals surface area (Å²) in [5, 5.41) is 3.03. The van der Waals surface area contributed by atoms with Crippen molar-refractivity contribution in [3.05, 3.63) is 48.6 Å². The minimum absolute atomic E-state index is 0.0239. The average Bonchev–Trinajstić information content (AvgIpc) is 3.40. The van der Waals surface area contributed by atoms with Crippen molar-refractivity contribution in [2.24, 2.45) is 0 Å². The van der Waals surface area contributed by atoms with Gasteiger partial charge in [0.15, 0.2) is 0 Å². The number of likely N-dealkylation sites (N-methyl/N-ethyl adjacent to an activating group) is 1. The van der Waals surface area contributed by atoms with E-state index in [1.165, 1.54) is 186 Å². The van der Waals surface area contributed by atoms with Gasteiger partial charge in [0, 0.05) is 12.8 Å². The predicted molar refractivity (Wildman–Crippen MR) is 335 cm³/mol. The number of nitrogens with zero attached hydrogens (tertiary/aromatic N) is 1. The van der Waals surface area contributed by atoms with Gasteiger partial charge in [0.25, 0.3) is 7.82 Å². The van der Waals surface area contributed by atoms with Crippen LogP contribution in [0.3, 0.4) is 0 Å². The highest BCUT2D eigenvalue weighted by molar-refractivity contribution is 7.45. The molecule has 3 unspecified atom stereocenters. The lowest BCUT2D eigenvalue weighted by Gasteiger charge is -2.30. The lowest BCUT2D eigenvalue weighted by Crippen LogP contribution is -2.47. The third-order valence-corrected chi connectivity index (χ3v) is 16.0. The maximum absolute atomic E-state index is 13.5. The molecule has 9 nitrogen and oxygen atoms in total. The van der Waals surface area contributed by atoms with Gasteiger partial charge in [-0.3, -0.25) is 14.2 Å². The number of nitrogens with one attached hydrogen (secondary N) is 1. The van der Waals surface area contributed by atoms with Crippen molar-refractivity contribution in [2.45, 2.75) is 335 Å². The van der Waals surface area contributed by atoms with E-state index in [9.17, 15) is 19.0 Å². The Hall–Kier alpha value is -2.03. The molecule has 458 valence electrons. The summed E-state index contributed by atoms with van der Waals surface area (Å²) < 4.78 is 30.4. The van der Waals surface area contributed by atoms with Gasteiger partial charge in [-0.2, -0.15) is 0 Å². The number of ether oxygens (including phenoxy) is 1. The van der Waals surface area contributed by atoms with E-state index in [0.29, 0.717) is 17.4 Å². The van der Waals surface area contributed by atoms with Crippen LogP contribution in [-0.4, -0.2) is 69.4 Å². The molecule has 78 heavy (non-hydrogen) atoms. The molecule has 0 aromatic carbocycles. The van der Waals surface area contributed by atoms with E-state index in [0.717, 1.165) is 103 Å². The summed E-state index contributed by atoms with van der Waals surface area (Å²) in [6.45, 7) is 6.77. The molecule has 10 heteroatoms. The highest BCUT2D eigenvalue weighted by Gasteiger charge is 2.27. The summed E-state index contributed by atoms with van der Waals surface area (Å²) >= 11 is 0. The van der Waals surface area contributed by atoms with E-state index < -0.39 is 26.6 Å². The van der Waals surface area contributed by atoms with Crippen LogP contribution in [0.2, 0.25) is 0 Å². The molecule has 1 amide bonds. The third-order valence-electron chi connectivity index (χ3n) is 15.0. The normalized spacial score (nSPS) is 13.9. The van der Waals surface area contributed by atoms with E-state index in [2.05, 4.69) is 62.5 Å². The number of quaternary nitrogens is 1. The molecule has 1 N–H and O–H groups in total. The molecule has 0 spiro atoms. The van der Waals surface area contributed by atoms with Gasteiger partial charge in [0.2, 0.25) is 5.91 Å². The van der Waals surface area contributed by atoms with Gasteiger partial charge >= 0.3 is 5.97 Å². The number of phosphoric acid groups is 1. The number of carbonyl (C=O) groups excluding carboxylic acids is 2. The molecule has 0 aliphatic heterocycles. The van der Waals surface area contributed by atoms with E-state index in [1.807, 2.05) is 33.3 Å². The van der Waals surface area contributed by atoms with Crippen LogP contribution in [-0.2, 0) is 27.9 Å². The number of esters is 1. The highest BCUT2D eigenvalue weighted by atomic mass is 31.2. The van der Waals surface area contributed by atoms with Crippen LogP contribution in [0.25, 0.3) is 0 Å². The minimum Gasteiger partial charge on any atom is -0.756 e. The molecule has 0 fully saturated rings. The number of phosphoric ester groups is 1. The zero-order valence-corrected chi connectivity index (χ0v) is 53.3. The van der Waals surface area contributed by atoms with Crippen LogP contribution >= 0.6 is 7.82 Å². The number of hydrogen-bond donors (Lipinski definition) is 1. The maximum atomic E-state index is 13.5. The Bertz CT molecular complexity index is 1470. The Kier molecular flexibility index (Phi) is 56.7. The highest BCUT2D eigenvalue weighted by Crippen LogP contribution is 2.38.